The molecule has 3 N–H and O–H groups in total. The summed E-state index contributed by atoms with van der Waals surface area (Å²) in [5, 5.41) is 3.93. The van der Waals surface area contributed by atoms with E-state index in [2.05, 4.69) is 35.0 Å². The first kappa shape index (κ1) is 20.8. The molecule has 0 saturated heterocycles. The second-order valence-corrected chi connectivity index (χ2v) is 7.09. The molecule has 8 heteroatoms. The van der Waals surface area contributed by atoms with Gasteiger partial charge in [-0.05, 0) is 36.7 Å². The van der Waals surface area contributed by atoms with Crippen LogP contribution in [0.3, 0.4) is 0 Å². The zero-order valence-corrected chi connectivity index (χ0v) is 16.6. The summed E-state index contributed by atoms with van der Waals surface area (Å²) in [6.45, 7) is 4.97. The number of nitrogens with zero attached hydrogens (tertiary/aromatic N) is 2. The lowest BCUT2D eigenvalue weighted by Crippen LogP contribution is -2.49. The van der Waals surface area contributed by atoms with E-state index in [4.69, 9.17) is 12.2 Å². The number of hydrazine groups is 1. The first-order valence-electron chi connectivity index (χ1n) is 9.28. The number of hydrogen-bond acceptors (Lipinski definition) is 4. The average molecular weight is 390 g/mol. The van der Waals surface area contributed by atoms with Gasteiger partial charge in [-0.2, -0.15) is 0 Å². The van der Waals surface area contributed by atoms with E-state index in [1.165, 1.54) is 30.2 Å². The molecule has 0 aliphatic heterocycles. The number of fused-ring (bicyclic) bond motifs is 1. The number of rotatable bonds is 8. The third-order valence-corrected chi connectivity index (χ3v) is 4.52. The fourth-order valence-corrected chi connectivity index (χ4v) is 2.83. The van der Waals surface area contributed by atoms with Crippen molar-refractivity contribution in [2.75, 3.05) is 6.54 Å². The Bertz CT molecular complexity index is 836. The van der Waals surface area contributed by atoms with Gasteiger partial charge in [0.25, 0.3) is 11.5 Å². The molecule has 146 valence electrons. The zero-order chi connectivity index (χ0) is 19.6. The number of aromatic nitrogens is 2. The van der Waals surface area contributed by atoms with Crippen molar-refractivity contribution in [1.29, 1.82) is 0 Å². The third-order valence-electron chi connectivity index (χ3n) is 4.27. The quantitative estimate of drug-likeness (QED) is 0.364. The lowest BCUT2D eigenvalue weighted by Gasteiger charge is -2.15. The molecule has 1 heterocycles. The molecule has 0 fully saturated rings. The summed E-state index contributed by atoms with van der Waals surface area (Å²) in [4.78, 5) is 28.6. The van der Waals surface area contributed by atoms with Gasteiger partial charge >= 0.3 is 0 Å². The molecule has 27 heavy (non-hydrogen) atoms. The van der Waals surface area contributed by atoms with E-state index >= 15 is 0 Å². The van der Waals surface area contributed by atoms with Crippen LogP contribution >= 0.6 is 12.2 Å². The van der Waals surface area contributed by atoms with Crippen molar-refractivity contribution in [2.45, 2.75) is 46.1 Å². The topological polar surface area (TPSA) is 88.0 Å². The highest BCUT2D eigenvalue weighted by molar-refractivity contribution is 7.80. The van der Waals surface area contributed by atoms with Crippen LogP contribution in [0.5, 0.6) is 0 Å². The molecule has 2 rings (SSSR count). The summed E-state index contributed by atoms with van der Waals surface area (Å²) in [5.41, 5.74) is 5.52. The SMILES string of the molecule is CCCCC[C@@H](C)CNC(=S)NNC(=O)Cn1cnc2ccccc2c1=O. The van der Waals surface area contributed by atoms with Gasteiger partial charge in [0, 0.05) is 6.54 Å². The number of benzene rings is 1. The first-order chi connectivity index (χ1) is 13.0. The van der Waals surface area contributed by atoms with Crippen LogP contribution in [0.1, 0.15) is 39.5 Å². The Morgan fingerprint density at radius 3 is 2.81 bits per heavy atom. The smallest absolute Gasteiger partial charge is 0.261 e. The number of carbonyl (C=O) groups excluding carboxylic acids is 1. The van der Waals surface area contributed by atoms with Gasteiger partial charge in [-0.25, -0.2) is 4.98 Å². The van der Waals surface area contributed by atoms with Crippen LogP contribution in [0.15, 0.2) is 35.4 Å². The van der Waals surface area contributed by atoms with Crippen molar-refractivity contribution in [3.63, 3.8) is 0 Å². The molecule has 2 aromatic rings. The van der Waals surface area contributed by atoms with E-state index in [0.717, 1.165) is 13.0 Å². The highest BCUT2D eigenvalue weighted by atomic mass is 32.1. The van der Waals surface area contributed by atoms with Crippen molar-refractivity contribution >= 4 is 34.1 Å². The minimum absolute atomic E-state index is 0.139. The predicted octanol–water partition coefficient (Wildman–Crippen LogP) is 2.11. The molecule has 0 saturated carbocycles. The molecule has 1 aromatic heterocycles. The molecule has 0 aliphatic carbocycles. The van der Waals surface area contributed by atoms with Crippen LogP contribution in [0.4, 0.5) is 0 Å². The van der Waals surface area contributed by atoms with Crippen molar-refractivity contribution in [3.8, 4) is 0 Å². The molecule has 0 unspecified atom stereocenters. The van der Waals surface area contributed by atoms with Crippen molar-refractivity contribution in [1.82, 2.24) is 25.7 Å². The van der Waals surface area contributed by atoms with Gasteiger partial charge in [-0.1, -0.05) is 45.2 Å². The minimum atomic E-state index is -0.380. The Labute approximate surface area is 164 Å². The summed E-state index contributed by atoms with van der Waals surface area (Å²) in [6, 6.07) is 7.03. The lowest BCUT2D eigenvalue weighted by molar-refractivity contribution is -0.122. The fraction of sp³-hybridized carbons (Fsp3) is 0.474. The Kier molecular flexibility index (Phi) is 8.19. The second kappa shape index (κ2) is 10.6. The Balaban J connectivity index is 1.77. The molecular weight excluding hydrogens is 362 g/mol. The number of carbonyl (C=O) groups is 1. The monoisotopic (exact) mass is 389 g/mol. The molecular formula is C19H27N5O2S. The number of nitrogens with one attached hydrogen (secondary N) is 3. The standard InChI is InChI=1S/C19H27N5O2S/c1-3-4-5-8-14(2)11-20-19(27)23-22-17(25)12-24-13-21-16-10-7-6-9-15(16)18(24)26/h6-7,9-10,13-14H,3-5,8,11-12H2,1-2H3,(H,22,25)(H2,20,23,27)/t14-/m1/s1. The second-order valence-electron chi connectivity index (χ2n) is 6.68. The Morgan fingerprint density at radius 2 is 2.04 bits per heavy atom. The summed E-state index contributed by atoms with van der Waals surface area (Å²) >= 11 is 5.16. The van der Waals surface area contributed by atoms with Crippen molar-refractivity contribution in [3.05, 3.63) is 40.9 Å². The van der Waals surface area contributed by atoms with E-state index in [1.807, 2.05) is 6.07 Å². The molecule has 0 spiro atoms. The normalized spacial score (nSPS) is 11.8. The van der Waals surface area contributed by atoms with Crippen LogP contribution in [-0.4, -0.2) is 27.1 Å². The number of para-hydroxylation sites is 1. The molecule has 1 atom stereocenters. The highest BCUT2D eigenvalue weighted by Gasteiger charge is 2.08. The van der Waals surface area contributed by atoms with Crippen LogP contribution in [0.2, 0.25) is 0 Å². The summed E-state index contributed by atoms with van der Waals surface area (Å²) in [5.74, 6) is 0.128. The summed E-state index contributed by atoms with van der Waals surface area (Å²) in [7, 11) is 0. The number of unbranched alkanes of at least 4 members (excludes halogenated alkanes) is 2. The van der Waals surface area contributed by atoms with Gasteiger partial charge < -0.3 is 5.32 Å². The van der Waals surface area contributed by atoms with Gasteiger partial charge in [0.1, 0.15) is 6.54 Å². The molecule has 1 amide bonds. The predicted molar refractivity (Wildman–Crippen MR) is 111 cm³/mol. The maximum Gasteiger partial charge on any atom is 0.261 e. The molecule has 0 radical (unpaired) electrons. The van der Waals surface area contributed by atoms with Crippen LogP contribution in [0.25, 0.3) is 10.9 Å². The maximum atomic E-state index is 12.4. The zero-order valence-electron chi connectivity index (χ0n) is 15.8. The van der Waals surface area contributed by atoms with Gasteiger partial charge in [0.2, 0.25) is 0 Å². The average Bonchev–Trinajstić information content (AvgIpc) is 2.67. The van der Waals surface area contributed by atoms with Gasteiger partial charge in [0.15, 0.2) is 5.11 Å². The molecule has 0 aliphatic rings. The molecule has 7 nitrogen and oxygen atoms in total. The number of hydrogen-bond donors (Lipinski definition) is 3. The largest absolute Gasteiger partial charge is 0.361 e. The van der Waals surface area contributed by atoms with Crippen LogP contribution in [-0.2, 0) is 11.3 Å². The van der Waals surface area contributed by atoms with Crippen molar-refractivity contribution < 1.29 is 4.79 Å². The first-order valence-corrected chi connectivity index (χ1v) is 9.69. The summed E-state index contributed by atoms with van der Waals surface area (Å²) < 4.78 is 1.27. The Morgan fingerprint density at radius 1 is 1.26 bits per heavy atom. The van der Waals surface area contributed by atoms with Gasteiger partial charge in [-0.3, -0.25) is 25.0 Å². The van der Waals surface area contributed by atoms with Gasteiger partial charge in [0.05, 0.1) is 17.2 Å². The molecule has 1 aromatic carbocycles. The van der Waals surface area contributed by atoms with E-state index in [-0.39, 0.29) is 18.0 Å². The third kappa shape index (κ3) is 6.63. The van der Waals surface area contributed by atoms with Crippen LogP contribution < -0.4 is 21.7 Å². The Hall–Kier alpha value is -2.48. The van der Waals surface area contributed by atoms with E-state index < -0.39 is 0 Å². The minimum Gasteiger partial charge on any atom is -0.361 e. The van der Waals surface area contributed by atoms with Crippen molar-refractivity contribution in [2.24, 2.45) is 5.92 Å². The van der Waals surface area contributed by atoms with E-state index in [1.54, 1.807) is 18.2 Å². The van der Waals surface area contributed by atoms with Gasteiger partial charge in [-0.15, -0.1) is 0 Å². The van der Waals surface area contributed by atoms with E-state index in [9.17, 15) is 9.59 Å². The highest BCUT2D eigenvalue weighted by Crippen LogP contribution is 2.08. The maximum absolute atomic E-state index is 12.4. The molecule has 0 bridgehead atoms. The number of thiocarbonyl (C=S) groups is 1. The summed E-state index contributed by atoms with van der Waals surface area (Å²) in [6.07, 6.45) is 6.19. The fourth-order valence-electron chi connectivity index (χ4n) is 2.70. The van der Waals surface area contributed by atoms with E-state index in [0.29, 0.717) is 21.9 Å². The van der Waals surface area contributed by atoms with Crippen LogP contribution in [0, 0.1) is 5.92 Å². The number of amides is 1. The lowest BCUT2D eigenvalue weighted by atomic mass is 10.0.